The van der Waals surface area contributed by atoms with E-state index in [1.807, 2.05) is 6.92 Å². The topological polar surface area (TPSA) is 75.1 Å². The Morgan fingerprint density at radius 1 is 1.33 bits per heavy atom. The molecule has 5 heteroatoms. The van der Waals surface area contributed by atoms with Crippen LogP contribution in [0.3, 0.4) is 0 Å². The van der Waals surface area contributed by atoms with Gasteiger partial charge in [-0.15, -0.1) is 0 Å². The van der Waals surface area contributed by atoms with Crippen LogP contribution in [0.15, 0.2) is 9.59 Å². The molecule has 0 aromatic carbocycles. The second-order valence-corrected chi connectivity index (χ2v) is 5.25. The van der Waals surface area contributed by atoms with Crippen LogP contribution in [-0.4, -0.2) is 14.7 Å². The predicted octanol–water partition coefficient (Wildman–Crippen LogP) is 1.38. The standard InChI is InChI=1S/C13H20N2O3/c1-3-5-9-10(16)14-12(18)15(11(9)17)8-13(4-2)6-7-13/h17H,3-8H2,1-2H3,(H,14,16,18). The van der Waals surface area contributed by atoms with Crippen LogP contribution >= 0.6 is 0 Å². The molecule has 1 fully saturated rings. The lowest BCUT2D eigenvalue weighted by molar-refractivity contribution is 0.334. The third kappa shape index (κ3) is 2.21. The summed E-state index contributed by atoms with van der Waals surface area (Å²) in [6.07, 6.45) is 4.39. The molecule has 18 heavy (non-hydrogen) atoms. The Morgan fingerprint density at radius 3 is 2.50 bits per heavy atom. The van der Waals surface area contributed by atoms with Crippen LogP contribution in [0.4, 0.5) is 0 Å². The minimum absolute atomic E-state index is 0.142. The van der Waals surface area contributed by atoms with Gasteiger partial charge in [-0.1, -0.05) is 20.3 Å². The molecule has 2 N–H and O–H groups in total. The minimum Gasteiger partial charge on any atom is -0.494 e. The van der Waals surface area contributed by atoms with Gasteiger partial charge in [0.2, 0.25) is 5.88 Å². The van der Waals surface area contributed by atoms with Crippen LogP contribution < -0.4 is 11.2 Å². The summed E-state index contributed by atoms with van der Waals surface area (Å²) < 4.78 is 1.32. The van der Waals surface area contributed by atoms with E-state index in [0.717, 1.165) is 25.7 Å². The van der Waals surface area contributed by atoms with Crippen molar-refractivity contribution >= 4 is 0 Å². The Morgan fingerprint density at radius 2 is 2.00 bits per heavy atom. The molecule has 1 heterocycles. The molecule has 1 aromatic rings. The van der Waals surface area contributed by atoms with Gasteiger partial charge in [-0.2, -0.15) is 0 Å². The quantitative estimate of drug-likeness (QED) is 0.831. The van der Waals surface area contributed by atoms with E-state index in [9.17, 15) is 14.7 Å². The summed E-state index contributed by atoms with van der Waals surface area (Å²) in [4.78, 5) is 25.7. The molecule has 0 unspecified atom stereocenters. The fraction of sp³-hybridized carbons (Fsp3) is 0.692. The second-order valence-electron chi connectivity index (χ2n) is 5.25. The fourth-order valence-electron chi connectivity index (χ4n) is 2.36. The summed E-state index contributed by atoms with van der Waals surface area (Å²) in [5.74, 6) is -0.148. The minimum atomic E-state index is -0.503. The van der Waals surface area contributed by atoms with Gasteiger partial charge in [-0.25, -0.2) is 4.79 Å². The molecule has 0 saturated heterocycles. The largest absolute Gasteiger partial charge is 0.494 e. The summed E-state index contributed by atoms with van der Waals surface area (Å²) in [5.41, 5.74) is -0.499. The van der Waals surface area contributed by atoms with E-state index < -0.39 is 11.2 Å². The number of hydrogen-bond acceptors (Lipinski definition) is 3. The van der Waals surface area contributed by atoms with Crippen molar-refractivity contribution < 1.29 is 5.11 Å². The maximum Gasteiger partial charge on any atom is 0.331 e. The van der Waals surface area contributed by atoms with Gasteiger partial charge in [0.05, 0.1) is 5.56 Å². The highest BCUT2D eigenvalue weighted by Crippen LogP contribution is 2.50. The number of aromatic hydroxyl groups is 1. The van der Waals surface area contributed by atoms with Gasteiger partial charge in [0.25, 0.3) is 5.56 Å². The van der Waals surface area contributed by atoms with Crippen LogP contribution in [0.5, 0.6) is 5.88 Å². The SMILES string of the molecule is CCCc1c(O)n(CC2(CC)CC2)c(=O)[nH]c1=O. The number of H-pyrrole nitrogens is 1. The van der Waals surface area contributed by atoms with E-state index in [2.05, 4.69) is 11.9 Å². The van der Waals surface area contributed by atoms with Crippen molar-refractivity contribution in [3.05, 3.63) is 26.4 Å². The Kier molecular flexibility index (Phi) is 3.32. The van der Waals surface area contributed by atoms with E-state index in [-0.39, 0.29) is 11.3 Å². The third-order valence-electron chi connectivity index (χ3n) is 3.97. The van der Waals surface area contributed by atoms with Gasteiger partial charge in [0.1, 0.15) is 0 Å². The summed E-state index contributed by atoms with van der Waals surface area (Å²) in [6, 6.07) is 0. The van der Waals surface area contributed by atoms with Crippen molar-refractivity contribution in [3.8, 4) is 5.88 Å². The maximum absolute atomic E-state index is 11.8. The van der Waals surface area contributed by atoms with E-state index in [0.29, 0.717) is 18.5 Å². The molecule has 0 radical (unpaired) electrons. The Hall–Kier alpha value is -1.52. The first kappa shape index (κ1) is 12.9. The molecule has 1 saturated carbocycles. The zero-order valence-corrected chi connectivity index (χ0v) is 11.0. The van der Waals surface area contributed by atoms with Gasteiger partial charge in [-0.3, -0.25) is 14.3 Å². The maximum atomic E-state index is 11.8. The van der Waals surface area contributed by atoms with Gasteiger partial charge in [0, 0.05) is 6.54 Å². The molecule has 100 valence electrons. The van der Waals surface area contributed by atoms with Crippen LogP contribution in [0.1, 0.15) is 45.1 Å². The third-order valence-corrected chi connectivity index (χ3v) is 3.97. The fourth-order valence-corrected chi connectivity index (χ4v) is 2.36. The average Bonchev–Trinajstić information content (AvgIpc) is 3.11. The highest BCUT2D eigenvalue weighted by Gasteiger charge is 2.41. The number of hydrogen-bond donors (Lipinski definition) is 2. The van der Waals surface area contributed by atoms with Crippen LogP contribution in [0.2, 0.25) is 0 Å². The van der Waals surface area contributed by atoms with E-state index in [1.165, 1.54) is 4.57 Å². The molecule has 0 spiro atoms. The van der Waals surface area contributed by atoms with Gasteiger partial charge in [0.15, 0.2) is 0 Å². The van der Waals surface area contributed by atoms with Gasteiger partial charge >= 0.3 is 5.69 Å². The lowest BCUT2D eigenvalue weighted by Crippen LogP contribution is -2.34. The zero-order valence-electron chi connectivity index (χ0n) is 11.0. The van der Waals surface area contributed by atoms with Crippen LogP contribution in [0, 0.1) is 5.41 Å². The van der Waals surface area contributed by atoms with Crippen molar-refractivity contribution in [2.45, 2.75) is 52.5 Å². The first-order valence-corrected chi connectivity index (χ1v) is 6.58. The first-order valence-electron chi connectivity index (χ1n) is 6.58. The van der Waals surface area contributed by atoms with E-state index in [4.69, 9.17) is 0 Å². The number of aromatic nitrogens is 2. The van der Waals surface area contributed by atoms with E-state index in [1.54, 1.807) is 0 Å². The van der Waals surface area contributed by atoms with Crippen molar-refractivity contribution in [2.24, 2.45) is 5.41 Å². The lowest BCUT2D eigenvalue weighted by Gasteiger charge is -2.16. The Labute approximate surface area is 105 Å². The first-order chi connectivity index (χ1) is 8.53. The van der Waals surface area contributed by atoms with Gasteiger partial charge in [-0.05, 0) is 31.1 Å². The smallest absolute Gasteiger partial charge is 0.331 e. The highest BCUT2D eigenvalue weighted by atomic mass is 16.3. The normalized spacial score (nSPS) is 16.8. The number of nitrogens with zero attached hydrogens (tertiary/aromatic N) is 1. The molecule has 1 aromatic heterocycles. The van der Waals surface area contributed by atoms with E-state index >= 15 is 0 Å². The summed E-state index contributed by atoms with van der Waals surface area (Å²) in [5, 5.41) is 10.1. The van der Waals surface area contributed by atoms with Crippen LogP contribution in [-0.2, 0) is 13.0 Å². The number of rotatable bonds is 5. The Balaban J connectivity index is 2.43. The number of aromatic amines is 1. The van der Waals surface area contributed by atoms with Crippen molar-refractivity contribution in [3.63, 3.8) is 0 Å². The van der Waals surface area contributed by atoms with Crippen molar-refractivity contribution in [1.29, 1.82) is 0 Å². The molecule has 0 amide bonds. The predicted molar refractivity (Wildman–Crippen MR) is 68.9 cm³/mol. The molecule has 2 rings (SSSR count). The molecule has 0 bridgehead atoms. The summed E-state index contributed by atoms with van der Waals surface area (Å²) in [7, 11) is 0. The van der Waals surface area contributed by atoms with Crippen molar-refractivity contribution in [2.75, 3.05) is 0 Å². The molecule has 1 aliphatic carbocycles. The molecule has 1 aliphatic rings. The monoisotopic (exact) mass is 252 g/mol. The van der Waals surface area contributed by atoms with Crippen molar-refractivity contribution in [1.82, 2.24) is 9.55 Å². The molecule has 5 nitrogen and oxygen atoms in total. The molecular weight excluding hydrogens is 232 g/mol. The van der Waals surface area contributed by atoms with Gasteiger partial charge < -0.3 is 5.11 Å². The number of nitrogens with one attached hydrogen (secondary N) is 1. The molecular formula is C13H20N2O3. The molecule has 0 aliphatic heterocycles. The highest BCUT2D eigenvalue weighted by molar-refractivity contribution is 5.23. The zero-order chi connectivity index (χ0) is 13.3. The summed E-state index contributed by atoms with van der Waals surface area (Å²) >= 11 is 0. The molecule has 0 atom stereocenters. The summed E-state index contributed by atoms with van der Waals surface area (Å²) in [6.45, 7) is 4.53. The Bertz CT molecular complexity index is 552. The lowest BCUT2D eigenvalue weighted by atomic mass is 10.0. The second kappa shape index (κ2) is 4.63. The van der Waals surface area contributed by atoms with Crippen LogP contribution in [0.25, 0.3) is 0 Å². The average molecular weight is 252 g/mol.